The molecule has 8 heteroatoms. The van der Waals surface area contributed by atoms with E-state index in [0.717, 1.165) is 24.3 Å². The number of nitrogens with zero attached hydrogens (tertiary/aromatic N) is 4. The molecule has 0 aliphatic carbocycles. The second-order valence-electron chi connectivity index (χ2n) is 7.77. The lowest BCUT2D eigenvalue weighted by atomic mass is 10.0. The number of benzene rings is 1. The van der Waals surface area contributed by atoms with Gasteiger partial charge >= 0.3 is 11.1 Å². The molecule has 1 aromatic carbocycles. The summed E-state index contributed by atoms with van der Waals surface area (Å²) in [7, 11) is 0. The fourth-order valence-electron chi connectivity index (χ4n) is 4.20. The molecule has 0 bridgehead atoms. The predicted molar refractivity (Wildman–Crippen MR) is 104 cm³/mol. The van der Waals surface area contributed by atoms with Crippen molar-refractivity contribution >= 4 is 0 Å². The quantitative estimate of drug-likeness (QED) is 0.619. The maximum absolute atomic E-state index is 12.8. The lowest BCUT2D eigenvalue weighted by Crippen LogP contribution is -2.53. The van der Waals surface area contributed by atoms with Gasteiger partial charge < -0.3 is 9.15 Å². The van der Waals surface area contributed by atoms with Crippen LogP contribution in [0.2, 0.25) is 0 Å². The number of fused-ring (bicyclic) bond motifs is 1. The topological polar surface area (TPSA) is 82.5 Å². The zero-order valence-electron chi connectivity index (χ0n) is 16.0. The Hall–Kier alpha value is -2.97. The van der Waals surface area contributed by atoms with Crippen molar-refractivity contribution < 1.29 is 9.15 Å². The molecular weight excluding hydrogens is 372 g/mol. The van der Waals surface area contributed by atoms with Crippen LogP contribution < -0.4 is 11.1 Å². The molecular formula is C21H22N4O4. The zero-order valence-corrected chi connectivity index (χ0v) is 16.0. The van der Waals surface area contributed by atoms with Crippen LogP contribution in [-0.2, 0) is 31.0 Å². The maximum atomic E-state index is 12.8. The monoisotopic (exact) mass is 394 g/mol. The smallest absolute Gasteiger partial charge is 0.332 e. The van der Waals surface area contributed by atoms with Crippen molar-refractivity contribution in [3.05, 3.63) is 86.6 Å². The van der Waals surface area contributed by atoms with E-state index >= 15 is 0 Å². The van der Waals surface area contributed by atoms with E-state index in [1.165, 1.54) is 9.25 Å². The van der Waals surface area contributed by atoms with Crippen molar-refractivity contribution in [2.45, 2.75) is 38.3 Å². The van der Waals surface area contributed by atoms with Crippen LogP contribution in [-0.4, -0.2) is 37.9 Å². The molecule has 4 heterocycles. The summed E-state index contributed by atoms with van der Waals surface area (Å²) in [5.41, 5.74) is -0.675. The summed E-state index contributed by atoms with van der Waals surface area (Å²) < 4.78 is 14.4. The minimum atomic E-state index is -0.597. The SMILES string of the molecule is O=c1c(=O)n2c(nn1Cc1ccccc1)CO[C@@]1(CCN(Cc3ccco3)C1)C2. The molecule has 0 N–H and O–H groups in total. The average molecular weight is 394 g/mol. The van der Waals surface area contributed by atoms with Gasteiger partial charge in [-0.25, -0.2) is 4.68 Å². The van der Waals surface area contributed by atoms with Crippen molar-refractivity contribution in [2.24, 2.45) is 0 Å². The molecule has 0 amide bonds. The van der Waals surface area contributed by atoms with Crippen LogP contribution in [0.1, 0.15) is 23.6 Å². The number of furan rings is 1. The Bertz CT molecular complexity index is 1120. The van der Waals surface area contributed by atoms with Crippen LogP contribution in [0, 0.1) is 0 Å². The Morgan fingerprint density at radius 3 is 2.66 bits per heavy atom. The first-order valence-electron chi connectivity index (χ1n) is 9.75. The van der Waals surface area contributed by atoms with Gasteiger partial charge in [0, 0.05) is 13.1 Å². The fourth-order valence-corrected chi connectivity index (χ4v) is 4.20. The lowest BCUT2D eigenvalue weighted by molar-refractivity contribution is -0.0860. The van der Waals surface area contributed by atoms with Crippen LogP contribution in [0.4, 0.5) is 0 Å². The van der Waals surface area contributed by atoms with Crippen LogP contribution in [0.3, 0.4) is 0 Å². The lowest BCUT2D eigenvalue weighted by Gasteiger charge is -2.35. The van der Waals surface area contributed by atoms with Gasteiger partial charge in [-0.2, -0.15) is 5.10 Å². The second-order valence-corrected chi connectivity index (χ2v) is 7.77. The first kappa shape index (κ1) is 18.1. The molecule has 0 unspecified atom stereocenters. The fraction of sp³-hybridized carbons (Fsp3) is 0.381. The van der Waals surface area contributed by atoms with Gasteiger partial charge in [-0.05, 0) is 24.1 Å². The molecule has 5 rings (SSSR count). The molecule has 2 aliphatic heterocycles. The Balaban J connectivity index is 1.38. The third-order valence-electron chi connectivity index (χ3n) is 5.69. The van der Waals surface area contributed by atoms with Gasteiger partial charge in [0.05, 0.1) is 25.9 Å². The van der Waals surface area contributed by atoms with Gasteiger partial charge in [-0.15, -0.1) is 0 Å². The summed E-state index contributed by atoms with van der Waals surface area (Å²) in [6, 6.07) is 13.3. The highest BCUT2D eigenvalue weighted by molar-refractivity contribution is 5.15. The van der Waals surface area contributed by atoms with Crippen LogP contribution in [0.15, 0.2) is 62.7 Å². The summed E-state index contributed by atoms with van der Waals surface area (Å²) in [6.45, 7) is 3.08. The first-order valence-corrected chi connectivity index (χ1v) is 9.75. The van der Waals surface area contributed by atoms with Gasteiger partial charge in [0.2, 0.25) is 0 Å². The van der Waals surface area contributed by atoms with E-state index < -0.39 is 16.7 Å². The van der Waals surface area contributed by atoms with E-state index in [9.17, 15) is 9.59 Å². The average Bonchev–Trinajstić information content (AvgIpc) is 3.38. The van der Waals surface area contributed by atoms with Gasteiger partial charge in [0.15, 0.2) is 5.82 Å². The highest BCUT2D eigenvalue weighted by Gasteiger charge is 2.43. The van der Waals surface area contributed by atoms with E-state index in [-0.39, 0.29) is 13.2 Å². The molecule has 2 aliphatic rings. The normalized spacial score (nSPS) is 21.5. The minimum Gasteiger partial charge on any atom is -0.468 e. The summed E-state index contributed by atoms with van der Waals surface area (Å²) >= 11 is 0. The summed E-state index contributed by atoms with van der Waals surface area (Å²) in [5, 5.41) is 4.42. The first-order chi connectivity index (χ1) is 14.1. The summed E-state index contributed by atoms with van der Waals surface area (Å²) in [4.78, 5) is 27.7. The number of hydrogen-bond acceptors (Lipinski definition) is 6. The Morgan fingerprint density at radius 1 is 1.00 bits per heavy atom. The zero-order chi connectivity index (χ0) is 19.8. The number of hydrogen-bond donors (Lipinski definition) is 0. The molecule has 1 spiro atoms. The standard InChI is InChI=1S/C21H22N4O4/c26-19-20(27)25(11-16-5-2-1-3-6-16)22-18-13-29-21(15-24(18)19)8-9-23(14-21)12-17-7-4-10-28-17/h1-7,10H,8-9,11-15H2/t21-/m1/s1. The van der Waals surface area contributed by atoms with E-state index in [2.05, 4.69) is 10.00 Å². The van der Waals surface area contributed by atoms with Gasteiger partial charge in [0.1, 0.15) is 18.0 Å². The molecule has 1 saturated heterocycles. The third kappa shape index (κ3) is 3.45. The number of likely N-dealkylation sites (tertiary alicyclic amines) is 1. The van der Waals surface area contributed by atoms with E-state index in [1.807, 2.05) is 42.5 Å². The van der Waals surface area contributed by atoms with Gasteiger partial charge in [-0.1, -0.05) is 30.3 Å². The second kappa shape index (κ2) is 7.13. The molecule has 0 radical (unpaired) electrons. The number of ether oxygens (including phenoxy) is 1. The third-order valence-corrected chi connectivity index (χ3v) is 5.69. The van der Waals surface area contributed by atoms with Crippen molar-refractivity contribution in [1.29, 1.82) is 0 Å². The number of aromatic nitrogens is 3. The van der Waals surface area contributed by atoms with E-state index in [1.54, 1.807) is 6.26 Å². The predicted octanol–water partition coefficient (Wildman–Crippen LogP) is 1.22. The van der Waals surface area contributed by atoms with Crippen molar-refractivity contribution in [3.8, 4) is 0 Å². The van der Waals surface area contributed by atoms with Crippen molar-refractivity contribution in [3.63, 3.8) is 0 Å². The van der Waals surface area contributed by atoms with E-state index in [0.29, 0.717) is 25.5 Å². The van der Waals surface area contributed by atoms with Crippen molar-refractivity contribution in [1.82, 2.24) is 19.2 Å². The molecule has 8 nitrogen and oxygen atoms in total. The molecule has 150 valence electrons. The molecule has 0 saturated carbocycles. The maximum Gasteiger partial charge on any atom is 0.332 e. The van der Waals surface area contributed by atoms with Crippen LogP contribution >= 0.6 is 0 Å². The minimum absolute atomic E-state index is 0.221. The molecule has 29 heavy (non-hydrogen) atoms. The molecule has 2 aromatic heterocycles. The van der Waals surface area contributed by atoms with E-state index in [4.69, 9.17) is 9.15 Å². The largest absolute Gasteiger partial charge is 0.468 e. The Labute approximate surface area is 166 Å². The molecule has 1 fully saturated rings. The van der Waals surface area contributed by atoms with Gasteiger partial charge in [0.25, 0.3) is 0 Å². The summed E-state index contributed by atoms with van der Waals surface area (Å²) in [5.74, 6) is 1.40. The van der Waals surface area contributed by atoms with Crippen LogP contribution in [0.5, 0.6) is 0 Å². The molecule has 3 aromatic rings. The van der Waals surface area contributed by atoms with Crippen LogP contribution in [0.25, 0.3) is 0 Å². The van der Waals surface area contributed by atoms with Gasteiger partial charge in [-0.3, -0.25) is 19.1 Å². The Morgan fingerprint density at radius 2 is 1.86 bits per heavy atom. The highest BCUT2D eigenvalue weighted by Crippen LogP contribution is 2.31. The number of rotatable bonds is 4. The van der Waals surface area contributed by atoms with Crippen molar-refractivity contribution in [2.75, 3.05) is 13.1 Å². The Kier molecular flexibility index (Phi) is 4.44. The summed E-state index contributed by atoms with van der Waals surface area (Å²) in [6.07, 6.45) is 2.47. The highest BCUT2D eigenvalue weighted by atomic mass is 16.5. The molecule has 1 atom stereocenters.